The summed E-state index contributed by atoms with van der Waals surface area (Å²) in [5, 5.41) is 0. The van der Waals surface area contributed by atoms with Crippen molar-refractivity contribution in [2.24, 2.45) is 4.99 Å². The molecule has 3 aromatic rings. The van der Waals surface area contributed by atoms with Crippen LogP contribution in [-0.4, -0.2) is 15.5 Å². The topological polar surface area (TPSA) is 47.2 Å². The first kappa shape index (κ1) is 15.9. The third-order valence-corrected chi connectivity index (χ3v) is 3.68. The lowest BCUT2D eigenvalue weighted by molar-refractivity contribution is -0.117. The highest BCUT2D eigenvalue weighted by Crippen LogP contribution is 2.02. The molecule has 0 aliphatic carbocycles. The second-order valence-electron chi connectivity index (χ2n) is 5.66. The fraction of sp³-hybridized carbons (Fsp3) is 0.150. The van der Waals surface area contributed by atoms with Crippen LogP contribution in [-0.2, 0) is 17.8 Å². The Labute approximate surface area is 141 Å². The van der Waals surface area contributed by atoms with E-state index in [2.05, 4.69) is 22.1 Å². The first-order valence-electron chi connectivity index (χ1n) is 7.89. The van der Waals surface area contributed by atoms with Gasteiger partial charge in [0.15, 0.2) is 0 Å². The second-order valence-corrected chi connectivity index (χ2v) is 5.66. The lowest BCUT2D eigenvalue weighted by Gasteiger charge is -2.07. The Morgan fingerprint density at radius 2 is 1.79 bits per heavy atom. The minimum atomic E-state index is -0.173. The maximum atomic E-state index is 12.3. The van der Waals surface area contributed by atoms with Crippen LogP contribution in [0.4, 0.5) is 0 Å². The molecule has 120 valence electrons. The number of carbonyl (C=O) groups excluding carboxylic acids is 1. The summed E-state index contributed by atoms with van der Waals surface area (Å²) in [6, 6.07) is 19.6. The van der Waals surface area contributed by atoms with Crippen LogP contribution >= 0.6 is 0 Å². The zero-order valence-corrected chi connectivity index (χ0v) is 13.6. The summed E-state index contributed by atoms with van der Waals surface area (Å²) in [6.07, 6.45) is 3.92. The van der Waals surface area contributed by atoms with Gasteiger partial charge in [-0.1, -0.05) is 42.5 Å². The highest BCUT2D eigenvalue weighted by molar-refractivity contribution is 5.79. The molecule has 3 rings (SSSR count). The number of rotatable bonds is 4. The molecule has 0 unspecified atom stereocenters. The zero-order chi connectivity index (χ0) is 16.8. The van der Waals surface area contributed by atoms with Crippen molar-refractivity contribution in [2.45, 2.75) is 19.9 Å². The van der Waals surface area contributed by atoms with E-state index >= 15 is 0 Å². The normalized spacial score (nSPS) is 11.5. The molecule has 0 spiro atoms. The van der Waals surface area contributed by atoms with Crippen LogP contribution in [0.1, 0.15) is 16.8 Å². The van der Waals surface area contributed by atoms with E-state index in [0.29, 0.717) is 12.0 Å². The van der Waals surface area contributed by atoms with E-state index < -0.39 is 0 Å². The van der Waals surface area contributed by atoms with E-state index in [0.717, 1.165) is 11.3 Å². The van der Waals surface area contributed by atoms with Gasteiger partial charge in [-0.3, -0.25) is 9.78 Å². The van der Waals surface area contributed by atoms with Crippen molar-refractivity contribution in [3.8, 4) is 0 Å². The van der Waals surface area contributed by atoms with Crippen molar-refractivity contribution in [1.82, 2.24) is 9.55 Å². The summed E-state index contributed by atoms with van der Waals surface area (Å²) in [5.41, 5.74) is 3.64. The standard InChI is InChI=1S/C20H19N3O/c1-16-10-11-18(14-21-16)13-20(24)22-19-9-5-6-12-23(19)15-17-7-3-2-4-8-17/h2-12,14H,13,15H2,1H3. The van der Waals surface area contributed by atoms with Crippen molar-refractivity contribution in [3.05, 3.63) is 95.4 Å². The van der Waals surface area contributed by atoms with Crippen LogP contribution in [0.5, 0.6) is 0 Å². The Hall–Kier alpha value is -3.01. The summed E-state index contributed by atoms with van der Waals surface area (Å²) in [4.78, 5) is 20.7. The molecule has 0 saturated heterocycles. The van der Waals surface area contributed by atoms with E-state index in [1.165, 1.54) is 5.56 Å². The van der Waals surface area contributed by atoms with Crippen LogP contribution < -0.4 is 5.49 Å². The van der Waals surface area contributed by atoms with Gasteiger partial charge in [0, 0.05) is 24.6 Å². The van der Waals surface area contributed by atoms with Gasteiger partial charge in [-0.25, -0.2) is 0 Å². The third-order valence-electron chi connectivity index (χ3n) is 3.68. The summed E-state index contributed by atoms with van der Waals surface area (Å²) >= 11 is 0. The molecule has 0 N–H and O–H groups in total. The number of benzene rings is 1. The summed E-state index contributed by atoms with van der Waals surface area (Å²) in [6.45, 7) is 2.60. The number of hydrogen-bond donors (Lipinski definition) is 0. The monoisotopic (exact) mass is 317 g/mol. The quantitative estimate of drug-likeness (QED) is 0.743. The Bertz CT molecular complexity index is 881. The molecule has 0 aliphatic heterocycles. The van der Waals surface area contributed by atoms with Crippen molar-refractivity contribution in [2.75, 3.05) is 0 Å². The average Bonchev–Trinajstić information content (AvgIpc) is 2.60. The van der Waals surface area contributed by atoms with E-state index in [1.807, 2.05) is 66.2 Å². The Morgan fingerprint density at radius 1 is 1.00 bits per heavy atom. The maximum Gasteiger partial charge on any atom is 0.252 e. The predicted molar refractivity (Wildman–Crippen MR) is 93.2 cm³/mol. The summed E-state index contributed by atoms with van der Waals surface area (Å²) in [5.74, 6) is -0.173. The second kappa shape index (κ2) is 7.51. The molecule has 2 aromatic heterocycles. The van der Waals surface area contributed by atoms with Crippen molar-refractivity contribution in [3.63, 3.8) is 0 Å². The average molecular weight is 317 g/mol. The lowest BCUT2D eigenvalue weighted by atomic mass is 10.2. The Morgan fingerprint density at radius 3 is 2.54 bits per heavy atom. The molecule has 0 fully saturated rings. The Balaban J connectivity index is 1.81. The molecular weight excluding hydrogens is 298 g/mol. The van der Waals surface area contributed by atoms with Gasteiger partial charge in [-0.2, -0.15) is 4.99 Å². The summed E-state index contributed by atoms with van der Waals surface area (Å²) < 4.78 is 1.97. The molecular formula is C20H19N3O. The van der Waals surface area contributed by atoms with Crippen LogP contribution in [0.15, 0.2) is 78.0 Å². The smallest absolute Gasteiger partial charge is 0.252 e. The third kappa shape index (κ3) is 4.26. The summed E-state index contributed by atoms with van der Waals surface area (Å²) in [7, 11) is 0. The van der Waals surface area contributed by atoms with Crippen LogP contribution in [0.3, 0.4) is 0 Å². The molecule has 0 atom stereocenters. The number of pyridine rings is 2. The lowest BCUT2D eigenvalue weighted by Crippen LogP contribution is -2.22. The first-order valence-corrected chi connectivity index (χ1v) is 7.89. The maximum absolute atomic E-state index is 12.3. The highest BCUT2D eigenvalue weighted by Gasteiger charge is 2.03. The molecule has 1 aromatic carbocycles. The minimum Gasteiger partial charge on any atom is -0.328 e. The fourth-order valence-electron chi connectivity index (χ4n) is 2.43. The van der Waals surface area contributed by atoms with Crippen LogP contribution in [0, 0.1) is 6.92 Å². The van der Waals surface area contributed by atoms with E-state index in [9.17, 15) is 4.79 Å². The first-order chi connectivity index (χ1) is 11.7. The molecule has 0 radical (unpaired) electrons. The van der Waals surface area contributed by atoms with E-state index in [4.69, 9.17) is 0 Å². The van der Waals surface area contributed by atoms with Gasteiger partial charge < -0.3 is 4.57 Å². The molecule has 2 heterocycles. The van der Waals surface area contributed by atoms with E-state index in [-0.39, 0.29) is 12.3 Å². The molecule has 1 amide bonds. The van der Waals surface area contributed by atoms with Gasteiger partial charge in [-0.15, -0.1) is 0 Å². The number of amides is 1. The number of nitrogens with zero attached hydrogens (tertiary/aromatic N) is 3. The number of hydrogen-bond acceptors (Lipinski definition) is 2. The van der Waals surface area contributed by atoms with Gasteiger partial charge in [0.25, 0.3) is 5.91 Å². The minimum absolute atomic E-state index is 0.173. The molecule has 4 nitrogen and oxygen atoms in total. The highest BCUT2D eigenvalue weighted by atomic mass is 16.1. The molecule has 0 aliphatic rings. The molecule has 0 bridgehead atoms. The van der Waals surface area contributed by atoms with Crippen molar-refractivity contribution in [1.29, 1.82) is 0 Å². The molecule has 24 heavy (non-hydrogen) atoms. The predicted octanol–water partition coefficient (Wildman–Crippen LogP) is 2.91. The van der Waals surface area contributed by atoms with E-state index in [1.54, 1.807) is 6.20 Å². The van der Waals surface area contributed by atoms with Gasteiger partial charge in [0.2, 0.25) is 0 Å². The fourth-order valence-corrected chi connectivity index (χ4v) is 2.43. The molecule has 4 heteroatoms. The number of aryl methyl sites for hydroxylation is 1. The van der Waals surface area contributed by atoms with Crippen LogP contribution in [0.25, 0.3) is 0 Å². The number of aromatic nitrogens is 2. The molecule has 0 saturated carbocycles. The largest absolute Gasteiger partial charge is 0.328 e. The van der Waals surface area contributed by atoms with Gasteiger partial charge in [0.05, 0.1) is 6.42 Å². The van der Waals surface area contributed by atoms with Crippen molar-refractivity contribution < 1.29 is 4.79 Å². The van der Waals surface area contributed by atoms with Crippen LogP contribution in [0.2, 0.25) is 0 Å². The SMILES string of the molecule is Cc1ccc(CC(=O)N=c2ccccn2Cc2ccccc2)cn1. The Kier molecular flexibility index (Phi) is 4.96. The zero-order valence-electron chi connectivity index (χ0n) is 13.6. The van der Waals surface area contributed by atoms with Gasteiger partial charge >= 0.3 is 0 Å². The van der Waals surface area contributed by atoms with Gasteiger partial charge in [-0.05, 0) is 36.2 Å². The van der Waals surface area contributed by atoms with Gasteiger partial charge in [0.1, 0.15) is 5.49 Å². The number of carbonyl (C=O) groups is 1. The van der Waals surface area contributed by atoms with Crippen molar-refractivity contribution >= 4 is 5.91 Å².